The Morgan fingerprint density at radius 2 is 1.38 bits per heavy atom. The van der Waals surface area contributed by atoms with Gasteiger partial charge >= 0.3 is 12.5 Å². The number of hydrogen-bond donors (Lipinski definition) is 0. The van der Waals surface area contributed by atoms with E-state index in [4.69, 9.17) is 9.47 Å². The highest BCUT2D eigenvalue weighted by Gasteiger charge is 2.42. The number of alkyl halides is 5. The van der Waals surface area contributed by atoms with Crippen LogP contribution in [0.4, 0.5) is 39.5 Å². The summed E-state index contributed by atoms with van der Waals surface area (Å²) in [6.07, 6.45) is -1.17. The fraction of sp³-hybridized carbons (Fsp3) is 0.486. The molecule has 4 nitrogen and oxygen atoms in total. The average Bonchev–Trinajstić information content (AvgIpc) is 3.01. The van der Waals surface area contributed by atoms with Gasteiger partial charge in [-0.15, -0.1) is 13.2 Å². The largest absolute Gasteiger partial charge is 0.573 e. The highest BCUT2D eigenvalue weighted by Crippen LogP contribution is 2.41. The smallest absolute Gasteiger partial charge is 0.429 e. The standard InChI is InChI=1S/C35H35F9O4/c1-2-3-4-5-20-6-8-21(9-7-20)24-18-45-33(46-19-24)22-10-12-26(27(36)14-22)23-15-29(38)32(30(39)16-23)34(40,41)47-25-11-13-31(28(37)17-25)48-35(42,43)44/h10-17,20-21,24,33H,2-9,18-19H2,1H3. The van der Waals surface area contributed by atoms with E-state index in [1.165, 1.54) is 50.7 Å². The molecular weight excluding hydrogens is 655 g/mol. The predicted molar refractivity (Wildman–Crippen MR) is 157 cm³/mol. The third-order valence-corrected chi connectivity index (χ3v) is 8.98. The Morgan fingerprint density at radius 1 is 0.708 bits per heavy atom. The minimum atomic E-state index is -5.26. The molecule has 0 atom stereocenters. The Labute approximate surface area is 272 Å². The zero-order valence-electron chi connectivity index (χ0n) is 26.0. The fourth-order valence-corrected chi connectivity index (χ4v) is 6.48. The summed E-state index contributed by atoms with van der Waals surface area (Å²) in [4.78, 5) is 0. The number of halogens is 9. The topological polar surface area (TPSA) is 36.9 Å². The van der Waals surface area contributed by atoms with Crippen molar-refractivity contribution in [3.05, 3.63) is 82.9 Å². The quantitative estimate of drug-likeness (QED) is 0.148. The van der Waals surface area contributed by atoms with E-state index in [9.17, 15) is 35.1 Å². The lowest BCUT2D eigenvalue weighted by atomic mass is 9.74. The zero-order chi connectivity index (χ0) is 34.6. The third-order valence-electron chi connectivity index (χ3n) is 8.98. The van der Waals surface area contributed by atoms with E-state index in [2.05, 4.69) is 16.4 Å². The number of unbranched alkanes of at least 4 members (excludes halogenated alkanes) is 2. The van der Waals surface area contributed by atoms with E-state index >= 15 is 4.39 Å². The van der Waals surface area contributed by atoms with E-state index in [0.29, 0.717) is 49.0 Å². The van der Waals surface area contributed by atoms with Gasteiger partial charge < -0.3 is 18.9 Å². The van der Waals surface area contributed by atoms with E-state index in [1.54, 1.807) is 0 Å². The van der Waals surface area contributed by atoms with Gasteiger partial charge in [0.05, 0.1) is 13.2 Å². The molecule has 1 heterocycles. The van der Waals surface area contributed by atoms with Crippen LogP contribution in [0.1, 0.15) is 75.7 Å². The molecule has 2 fully saturated rings. The van der Waals surface area contributed by atoms with Crippen LogP contribution in [0.5, 0.6) is 11.5 Å². The van der Waals surface area contributed by atoms with Crippen LogP contribution in [0, 0.1) is 41.0 Å². The Morgan fingerprint density at radius 3 is 1.96 bits per heavy atom. The molecule has 3 aromatic rings. The molecule has 5 rings (SSSR count). The minimum Gasteiger partial charge on any atom is -0.429 e. The predicted octanol–water partition coefficient (Wildman–Crippen LogP) is 11.0. The summed E-state index contributed by atoms with van der Waals surface area (Å²) in [5.74, 6) is -7.11. The lowest BCUT2D eigenvalue weighted by molar-refractivity contribution is -0.275. The average molecular weight is 691 g/mol. The summed E-state index contributed by atoms with van der Waals surface area (Å²) in [6.45, 7) is 3.10. The molecule has 1 saturated carbocycles. The molecule has 48 heavy (non-hydrogen) atoms. The van der Waals surface area contributed by atoms with Crippen LogP contribution in [0.2, 0.25) is 0 Å². The number of hydrogen-bond acceptors (Lipinski definition) is 4. The second kappa shape index (κ2) is 15.0. The first-order valence-electron chi connectivity index (χ1n) is 15.9. The van der Waals surface area contributed by atoms with Crippen molar-refractivity contribution in [2.75, 3.05) is 13.2 Å². The first kappa shape index (κ1) is 35.8. The van der Waals surface area contributed by atoms with Crippen LogP contribution < -0.4 is 9.47 Å². The Kier molecular flexibility index (Phi) is 11.2. The fourth-order valence-electron chi connectivity index (χ4n) is 6.48. The lowest BCUT2D eigenvalue weighted by Gasteiger charge is -2.38. The highest BCUT2D eigenvalue weighted by atomic mass is 19.4. The Hall–Kier alpha value is -3.45. The molecule has 0 aromatic heterocycles. The molecule has 0 spiro atoms. The molecule has 0 radical (unpaired) electrons. The van der Waals surface area contributed by atoms with Crippen molar-refractivity contribution in [2.24, 2.45) is 17.8 Å². The van der Waals surface area contributed by atoms with Crippen molar-refractivity contribution in [2.45, 2.75) is 77.1 Å². The maximum absolute atomic E-state index is 15.2. The number of benzene rings is 3. The van der Waals surface area contributed by atoms with Gasteiger partial charge in [-0.25, -0.2) is 17.6 Å². The van der Waals surface area contributed by atoms with Gasteiger partial charge in [0.25, 0.3) is 0 Å². The second-order valence-electron chi connectivity index (χ2n) is 12.3. The summed E-state index contributed by atoms with van der Waals surface area (Å²) in [6, 6.07) is 5.71. The van der Waals surface area contributed by atoms with Crippen LogP contribution in [-0.2, 0) is 15.6 Å². The van der Waals surface area contributed by atoms with Gasteiger partial charge in [0.15, 0.2) is 17.9 Å². The molecule has 0 unspecified atom stereocenters. The molecule has 262 valence electrons. The van der Waals surface area contributed by atoms with Crippen LogP contribution in [0.3, 0.4) is 0 Å². The number of rotatable bonds is 11. The normalized spacial score (nSPS) is 22.0. The SMILES string of the molecule is CCCCCC1CCC(C2COC(c3ccc(-c4cc(F)c(C(F)(F)Oc5ccc(OC(F)(F)F)c(F)c5)c(F)c4)c(F)c3)OC2)CC1. The molecule has 2 aliphatic rings. The molecule has 0 amide bonds. The summed E-state index contributed by atoms with van der Waals surface area (Å²) in [5.41, 5.74) is -2.23. The van der Waals surface area contributed by atoms with Crippen molar-refractivity contribution in [3.63, 3.8) is 0 Å². The van der Waals surface area contributed by atoms with Gasteiger partial charge in [-0.3, -0.25) is 0 Å². The molecule has 1 saturated heterocycles. The molecule has 3 aromatic carbocycles. The molecule has 1 aliphatic heterocycles. The molecule has 0 N–H and O–H groups in total. The van der Waals surface area contributed by atoms with Crippen molar-refractivity contribution in [1.29, 1.82) is 0 Å². The maximum atomic E-state index is 15.2. The van der Waals surface area contributed by atoms with E-state index < -0.39 is 64.7 Å². The van der Waals surface area contributed by atoms with E-state index in [1.807, 2.05) is 0 Å². The molecule has 0 bridgehead atoms. The summed E-state index contributed by atoms with van der Waals surface area (Å²) in [5, 5.41) is 0. The van der Waals surface area contributed by atoms with Gasteiger partial charge in [-0.1, -0.05) is 57.6 Å². The zero-order valence-corrected chi connectivity index (χ0v) is 26.0. The Balaban J connectivity index is 1.21. The monoisotopic (exact) mass is 690 g/mol. The van der Waals surface area contributed by atoms with Gasteiger partial charge in [-0.05, 0) is 60.6 Å². The van der Waals surface area contributed by atoms with Crippen molar-refractivity contribution < 1.29 is 58.5 Å². The van der Waals surface area contributed by atoms with Crippen LogP contribution in [0.25, 0.3) is 11.1 Å². The van der Waals surface area contributed by atoms with E-state index in [0.717, 1.165) is 24.8 Å². The van der Waals surface area contributed by atoms with Gasteiger partial charge in [-0.2, -0.15) is 8.78 Å². The van der Waals surface area contributed by atoms with Crippen molar-refractivity contribution in [3.8, 4) is 22.6 Å². The third kappa shape index (κ3) is 8.76. The van der Waals surface area contributed by atoms with Crippen molar-refractivity contribution >= 4 is 0 Å². The van der Waals surface area contributed by atoms with Crippen LogP contribution >= 0.6 is 0 Å². The van der Waals surface area contributed by atoms with E-state index in [-0.39, 0.29) is 17.5 Å². The van der Waals surface area contributed by atoms with Gasteiger partial charge in [0, 0.05) is 23.1 Å². The Bertz CT molecular complexity index is 1520. The molecule has 1 aliphatic carbocycles. The summed E-state index contributed by atoms with van der Waals surface area (Å²) < 4.78 is 145. The summed E-state index contributed by atoms with van der Waals surface area (Å²) in [7, 11) is 0. The first-order chi connectivity index (χ1) is 22.7. The summed E-state index contributed by atoms with van der Waals surface area (Å²) >= 11 is 0. The lowest BCUT2D eigenvalue weighted by Crippen LogP contribution is -2.34. The minimum absolute atomic E-state index is 0.135. The maximum Gasteiger partial charge on any atom is 0.573 e. The van der Waals surface area contributed by atoms with Crippen LogP contribution in [-0.4, -0.2) is 19.6 Å². The van der Waals surface area contributed by atoms with Gasteiger partial charge in [0.2, 0.25) is 0 Å². The van der Waals surface area contributed by atoms with Crippen LogP contribution in [0.15, 0.2) is 48.5 Å². The molecule has 13 heteroatoms. The first-order valence-corrected chi connectivity index (χ1v) is 15.9. The second-order valence-corrected chi connectivity index (χ2v) is 12.3. The van der Waals surface area contributed by atoms with Crippen molar-refractivity contribution in [1.82, 2.24) is 0 Å². The molecular formula is C35H35F9O4. The highest BCUT2D eigenvalue weighted by molar-refractivity contribution is 5.65. The number of ether oxygens (including phenoxy) is 4. The van der Waals surface area contributed by atoms with Gasteiger partial charge in [0.1, 0.15) is 28.8 Å².